The van der Waals surface area contributed by atoms with Gasteiger partial charge in [0, 0.05) is 51.3 Å². The van der Waals surface area contributed by atoms with E-state index < -0.39 is 17.5 Å². The minimum atomic E-state index is -0.595. The molecule has 3 aromatic rings. The number of fused-ring (bicyclic) bond motifs is 1. The van der Waals surface area contributed by atoms with E-state index in [0.717, 1.165) is 0 Å². The number of hydrogen-bond acceptors (Lipinski definition) is 4. The molecule has 0 saturated heterocycles. The molecule has 2 aromatic carbocycles. The third-order valence-electron chi connectivity index (χ3n) is 5.76. The van der Waals surface area contributed by atoms with Crippen molar-refractivity contribution in [2.24, 2.45) is 0 Å². The quantitative estimate of drug-likeness (QED) is 0.572. The zero-order valence-corrected chi connectivity index (χ0v) is 18.9. The molecule has 0 aliphatic carbocycles. The van der Waals surface area contributed by atoms with Crippen LogP contribution in [0.2, 0.25) is 0 Å². The Morgan fingerprint density at radius 3 is 2.58 bits per heavy atom. The summed E-state index contributed by atoms with van der Waals surface area (Å²) < 4.78 is 42.0. The van der Waals surface area contributed by atoms with E-state index in [2.05, 4.69) is 0 Å². The fraction of sp³-hybridized carbons (Fsp3) is 0.280. The van der Waals surface area contributed by atoms with Gasteiger partial charge in [-0.1, -0.05) is 12.1 Å². The van der Waals surface area contributed by atoms with Crippen molar-refractivity contribution in [2.75, 3.05) is 34.3 Å². The number of halogens is 2. The molecule has 2 amide bonds. The van der Waals surface area contributed by atoms with E-state index in [9.17, 15) is 9.59 Å². The van der Waals surface area contributed by atoms with Crippen molar-refractivity contribution in [3.05, 3.63) is 59.4 Å². The molecule has 8 heteroatoms. The van der Waals surface area contributed by atoms with E-state index in [1.165, 1.54) is 43.2 Å². The summed E-state index contributed by atoms with van der Waals surface area (Å²) in [6, 6.07) is 7.22. The van der Waals surface area contributed by atoms with Crippen molar-refractivity contribution in [3.63, 3.8) is 0 Å². The molecule has 6 nitrogen and oxygen atoms in total. The molecule has 0 bridgehead atoms. The van der Waals surface area contributed by atoms with Gasteiger partial charge in [0.1, 0.15) is 23.0 Å². The van der Waals surface area contributed by atoms with Crippen LogP contribution in [0.3, 0.4) is 0 Å². The molecule has 0 atom stereocenters. The van der Waals surface area contributed by atoms with Crippen LogP contribution in [0.1, 0.15) is 29.5 Å². The Morgan fingerprint density at radius 1 is 1.15 bits per heavy atom. The van der Waals surface area contributed by atoms with E-state index in [0.29, 0.717) is 18.5 Å². The maximum absolute atomic E-state index is 15.8. The lowest BCUT2D eigenvalue weighted by Crippen LogP contribution is -2.33. The van der Waals surface area contributed by atoms with Gasteiger partial charge in [0.25, 0.3) is 5.91 Å². The predicted octanol–water partition coefficient (Wildman–Crippen LogP) is 4.72. The number of rotatable bonds is 4. The van der Waals surface area contributed by atoms with Crippen molar-refractivity contribution in [1.29, 1.82) is 0 Å². The molecule has 0 unspecified atom stereocenters. The SMILES string of the molecule is COc1cccc(F)c1-c1cc(C2=CCCN(C(C)=O)C2)c(F)c2cc(C(=O)N(C)C)oc12. The lowest BCUT2D eigenvalue weighted by atomic mass is 9.93. The largest absolute Gasteiger partial charge is 0.496 e. The van der Waals surface area contributed by atoms with Crippen LogP contribution in [0.5, 0.6) is 5.75 Å². The molecule has 0 saturated carbocycles. The summed E-state index contributed by atoms with van der Waals surface area (Å²) in [5, 5.41) is 0.0545. The lowest BCUT2D eigenvalue weighted by Gasteiger charge is -2.27. The minimum absolute atomic E-state index is 0.0460. The van der Waals surface area contributed by atoms with E-state index in [-0.39, 0.29) is 51.6 Å². The van der Waals surface area contributed by atoms with Gasteiger partial charge in [0.15, 0.2) is 5.76 Å². The van der Waals surface area contributed by atoms with Gasteiger partial charge in [-0.3, -0.25) is 9.59 Å². The number of hydrogen-bond donors (Lipinski definition) is 0. The maximum Gasteiger partial charge on any atom is 0.289 e. The van der Waals surface area contributed by atoms with Crippen LogP contribution in [-0.2, 0) is 4.79 Å². The number of methoxy groups -OCH3 is 1. The first-order chi connectivity index (χ1) is 15.7. The summed E-state index contributed by atoms with van der Waals surface area (Å²) >= 11 is 0. The zero-order chi connectivity index (χ0) is 23.9. The molecule has 4 rings (SSSR count). The highest BCUT2D eigenvalue weighted by Gasteiger charge is 2.27. The van der Waals surface area contributed by atoms with Gasteiger partial charge in [0.2, 0.25) is 5.91 Å². The highest BCUT2D eigenvalue weighted by atomic mass is 19.1. The first kappa shape index (κ1) is 22.5. The van der Waals surface area contributed by atoms with Crippen LogP contribution in [0.4, 0.5) is 8.78 Å². The molecule has 33 heavy (non-hydrogen) atoms. The third kappa shape index (κ3) is 3.97. The van der Waals surface area contributed by atoms with Gasteiger partial charge < -0.3 is 19.0 Å². The van der Waals surface area contributed by atoms with Crippen molar-refractivity contribution >= 4 is 28.4 Å². The van der Waals surface area contributed by atoms with E-state index in [1.54, 1.807) is 25.1 Å². The number of furan rings is 1. The Kier molecular flexibility index (Phi) is 5.93. The second-order valence-corrected chi connectivity index (χ2v) is 8.11. The molecule has 2 heterocycles. The first-order valence-electron chi connectivity index (χ1n) is 10.5. The van der Waals surface area contributed by atoms with Crippen LogP contribution in [0.15, 0.2) is 40.8 Å². The Labute approximate surface area is 190 Å². The number of benzene rings is 2. The van der Waals surface area contributed by atoms with Gasteiger partial charge in [-0.25, -0.2) is 8.78 Å². The van der Waals surface area contributed by atoms with Gasteiger partial charge in [-0.2, -0.15) is 0 Å². The molecule has 172 valence electrons. The highest BCUT2D eigenvalue weighted by Crippen LogP contribution is 2.42. The summed E-state index contributed by atoms with van der Waals surface area (Å²) in [6.07, 6.45) is 2.44. The molecule has 1 aliphatic heterocycles. The molecule has 1 aromatic heterocycles. The summed E-state index contributed by atoms with van der Waals surface area (Å²) in [4.78, 5) is 27.4. The minimum Gasteiger partial charge on any atom is -0.496 e. The monoisotopic (exact) mass is 454 g/mol. The van der Waals surface area contributed by atoms with Crippen LogP contribution in [0, 0.1) is 11.6 Å². The number of ether oxygens (including phenoxy) is 1. The number of nitrogens with zero attached hydrogens (tertiary/aromatic N) is 2. The van der Waals surface area contributed by atoms with Gasteiger partial charge >= 0.3 is 0 Å². The average molecular weight is 454 g/mol. The average Bonchev–Trinajstić information content (AvgIpc) is 3.25. The van der Waals surface area contributed by atoms with Crippen molar-refractivity contribution in [1.82, 2.24) is 9.80 Å². The fourth-order valence-corrected chi connectivity index (χ4v) is 4.06. The topological polar surface area (TPSA) is 63.0 Å². The second kappa shape index (κ2) is 8.69. The van der Waals surface area contributed by atoms with E-state index >= 15 is 8.78 Å². The van der Waals surface area contributed by atoms with Crippen LogP contribution >= 0.6 is 0 Å². The molecule has 0 fully saturated rings. The molecule has 0 N–H and O–H groups in total. The molecular formula is C25H24F2N2O4. The van der Waals surface area contributed by atoms with E-state index in [4.69, 9.17) is 9.15 Å². The molecular weight excluding hydrogens is 430 g/mol. The third-order valence-corrected chi connectivity index (χ3v) is 5.76. The Hall–Kier alpha value is -3.68. The summed E-state index contributed by atoms with van der Waals surface area (Å²) in [5.41, 5.74) is 1.23. The summed E-state index contributed by atoms with van der Waals surface area (Å²) in [7, 11) is 4.53. The second-order valence-electron chi connectivity index (χ2n) is 8.11. The number of carbonyl (C=O) groups excluding carboxylic acids is 2. The van der Waals surface area contributed by atoms with Gasteiger partial charge in [-0.05, 0) is 30.2 Å². The lowest BCUT2D eigenvalue weighted by molar-refractivity contribution is -0.128. The smallest absolute Gasteiger partial charge is 0.289 e. The van der Waals surface area contributed by atoms with Crippen LogP contribution in [-0.4, -0.2) is 55.9 Å². The van der Waals surface area contributed by atoms with Gasteiger partial charge in [-0.15, -0.1) is 0 Å². The van der Waals surface area contributed by atoms with E-state index in [1.807, 2.05) is 6.08 Å². The van der Waals surface area contributed by atoms with Crippen molar-refractivity contribution < 1.29 is 27.5 Å². The standard InChI is InChI=1S/C25H24F2N2O4/c1-14(30)29-10-6-7-15(13-29)16-11-17(22-19(26)8-5-9-20(22)32-4)24-18(23(16)27)12-21(33-24)25(31)28(2)3/h5,7-9,11-12H,6,10,13H2,1-4H3. The summed E-state index contributed by atoms with van der Waals surface area (Å²) in [6.45, 7) is 2.24. The highest BCUT2D eigenvalue weighted by molar-refractivity contribution is 6.02. The maximum atomic E-state index is 15.8. The number of carbonyl (C=O) groups is 2. The fourth-order valence-electron chi connectivity index (χ4n) is 4.06. The first-order valence-corrected chi connectivity index (χ1v) is 10.5. The molecule has 0 radical (unpaired) electrons. The van der Waals surface area contributed by atoms with Gasteiger partial charge in [0.05, 0.1) is 18.1 Å². The van der Waals surface area contributed by atoms with Crippen molar-refractivity contribution in [3.8, 4) is 16.9 Å². The van der Waals surface area contributed by atoms with Crippen LogP contribution in [0.25, 0.3) is 27.7 Å². The Balaban J connectivity index is 2.02. The molecule has 1 aliphatic rings. The predicted molar refractivity (Wildman–Crippen MR) is 121 cm³/mol. The normalized spacial score (nSPS) is 13.8. The Bertz CT molecular complexity index is 1290. The van der Waals surface area contributed by atoms with Crippen molar-refractivity contribution in [2.45, 2.75) is 13.3 Å². The number of amides is 2. The Morgan fingerprint density at radius 2 is 1.91 bits per heavy atom. The zero-order valence-electron chi connectivity index (χ0n) is 18.9. The van der Waals surface area contributed by atoms with Crippen LogP contribution < -0.4 is 4.74 Å². The summed E-state index contributed by atoms with van der Waals surface area (Å²) in [5.74, 6) is -1.55. The molecule has 0 spiro atoms.